The fraction of sp³-hybridized carbons (Fsp3) is 0.158. The second-order valence-electron chi connectivity index (χ2n) is 5.86. The lowest BCUT2D eigenvalue weighted by Gasteiger charge is -2.20. The lowest BCUT2D eigenvalue weighted by molar-refractivity contribution is -0.131. The van der Waals surface area contributed by atoms with E-state index < -0.39 is 0 Å². The molecule has 3 aromatic rings. The summed E-state index contributed by atoms with van der Waals surface area (Å²) in [7, 11) is 0. The van der Waals surface area contributed by atoms with Crippen molar-refractivity contribution in [3.05, 3.63) is 78.4 Å². The van der Waals surface area contributed by atoms with Gasteiger partial charge < -0.3 is 14.2 Å². The van der Waals surface area contributed by atoms with Crippen molar-refractivity contribution in [2.75, 3.05) is 11.9 Å². The van der Waals surface area contributed by atoms with Crippen LogP contribution in [0.1, 0.15) is 24.0 Å². The van der Waals surface area contributed by atoms with Gasteiger partial charge in [0.05, 0.1) is 19.1 Å². The summed E-state index contributed by atoms with van der Waals surface area (Å²) in [6.45, 7) is 0.0256. The second kappa shape index (κ2) is 6.87. The molecule has 2 aromatic heterocycles. The molecule has 0 saturated carbocycles. The second-order valence-corrected chi connectivity index (χ2v) is 5.86. The van der Waals surface area contributed by atoms with E-state index in [1.807, 2.05) is 12.1 Å². The Morgan fingerprint density at radius 2 is 1.92 bits per heavy atom. The van der Waals surface area contributed by atoms with Gasteiger partial charge in [0.15, 0.2) is 0 Å². The molecule has 0 radical (unpaired) electrons. The lowest BCUT2D eigenvalue weighted by atomic mass is 10.1. The molecule has 0 aliphatic carbocycles. The van der Waals surface area contributed by atoms with E-state index in [0.29, 0.717) is 29.3 Å². The van der Waals surface area contributed by atoms with Crippen molar-refractivity contribution in [1.82, 2.24) is 5.01 Å². The first-order valence-electron chi connectivity index (χ1n) is 8.17. The standard InChI is InChI=1S/C19H16FN3O3/c20-13-5-7-14(8-6-13)21-12-19(24)23-16(18-4-2-10-26-18)11-15(22-23)17-3-1-9-25-17/h1-10,16,21H,11-12H2/t16-/m0/s1. The number of hydrazone groups is 1. The van der Waals surface area contributed by atoms with Crippen molar-refractivity contribution >= 4 is 17.3 Å². The van der Waals surface area contributed by atoms with Gasteiger partial charge in [-0.05, 0) is 48.5 Å². The zero-order chi connectivity index (χ0) is 17.9. The number of amides is 1. The molecule has 0 fully saturated rings. The van der Waals surface area contributed by atoms with Crippen LogP contribution in [0.25, 0.3) is 0 Å². The van der Waals surface area contributed by atoms with Crippen LogP contribution in [0.2, 0.25) is 0 Å². The molecule has 1 aliphatic rings. The average molecular weight is 353 g/mol. The predicted molar refractivity (Wildman–Crippen MR) is 93.0 cm³/mol. The summed E-state index contributed by atoms with van der Waals surface area (Å²) >= 11 is 0. The van der Waals surface area contributed by atoms with Crippen molar-refractivity contribution < 1.29 is 18.0 Å². The van der Waals surface area contributed by atoms with Gasteiger partial charge in [0, 0.05) is 12.1 Å². The van der Waals surface area contributed by atoms with E-state index >= 15 is 0 Å². The molecular formula is C19H16FN3O3. The van der Waals surface area contributed by atoms with Crippen LogP contribution in [0.4, 0.5) is 10.1 Å². The number of halogens is 1. The van der Waals surface area contributed by atoms with Gasteiger partial charge >= 0.3 is 0 Å². The lowest BCUT2D eigenvalue weighted by Crippen LogP contribution is -2.32. The number of nitrogens with zero attached hydrogens (tertiary/aromatic N) is 2. The predicted octanol–water partition coefficient (Wildman–Crippen LogP) is 3.80. The highest BCUT2D eigenvalue weighted by atomic mass is 19.1. The molecule has 1 atom stereocenters. The number of rotatable bonds is 5. The van der Waals surface area contributed by atoms with Gasteiger partial charge in [-0.25, -0.2) is 9.40 Å². The maximum absolute atomic E-state index is 13.0. The minimum atomic E-state index is -0.327. The van der Waals surface area contributed by atoms with Crippen LogP contribution < -0.4 is 5.32 Å². The molecule has 6 nitrogen and oxygen atoms in total. The van der Waals surface area contributed by atoms with Crippen LogP contribution in [0, 0.1) is 5.82 Å². The Morgan fingerprint density at radius 3 is 2.62 bits per heavy atom. The van der Waals surface area contributed by atoms with Gasteiger partial charge in [0.25, 0.3) is 5.91 Å². The fourth-order valence-corrected chi connectivity index (χ4v) is 2.86. The Hall–Kier alpha value is -3.35. The molecule has 0 spiro atoms. The van der Waals surface area contributed by atoms with Gasteiger partial charge in [-0.3, -0.25) is 4.79 Å². The first-order valence-corrected chi connectivity index (χ1v) is 8.17. The number of hydrogen-bond donors (Lipinski definition) is 1. The SMILES string of the molecule is O=C(CNc1ccc(F)cc1)N1N=C(c2ccco2)C[C@H]1c1ccco1. The van der Waals surface area contributed by atoms with Crippen molar-refractivity contribution in [1.29, 1.82) is 0 Å². The number of benzene rings is 1. The number of nitrogens with one attached hydrogen (secondary N) is 1. The maximum Gasteiger partial charge on any atom is 0.262 e. The summed E-state index contributed by atoms with van der Waals surface area (Å²) < 4.78 is 23.9. The molecule has 1 amide bonds. The zero-order valence-electron chi connectivity index (χ0n) is 13.8. The highest BCUT2D eigenvalue weighted by Crippen LogP contribution is 2.33. The topological polar surface area (TPSA) is 71.0 Å². The van der Waals surface area contributed by atoms with E-state index in [-0.39, 0.29) is 24.3 Å². The smallest absolute Gasteiger partial charge is 0.262 e. The summed E-state index contributed by atoms with van der Waals surface area (Å²) in [4.78, 5) is 12.7. The highest BCUT2D eigenvalue weighted by Gasteiger charge is 2.35. The van der Waals surface area contributed by atoms with Crippen LogP contribution in [0.5, 0.6) is 0 Å². The van der Waals surface area contributed by atoms with Crippen molar-refractivity contribution in [2.24, 2.45) is 5.10 Å². The van der Waals surface area contributed by atoms with E-state index in [4.69, 9.17) is 8.83 Å². The summed E-state index contributed by atoms with van der Waals surface area (Å²) in [5.41, 5.74) is 1.34. The maximum atomic E-state index is 13.0. The zero-order valence-corrected chi connectivity index (χ0v) is 13.8. The number of carbonyl (C=O) groups is 1. The largest absolute Gasteiger partial charge is 0.467 e. The number of furan rings is 2. The molecule has 4 rings (SSSR count). The molecule has 0 unspecified atom stereocenters. The fourth-order valence-electron chi connectivity index (χ4n) is 2.86. The quantitative estimate of drug-likeness (QED) is 0.757. The Bertz CT molecular complexity index is 902. The Balaban J connectivity index is 1.52. The van der Waals surface area contributed by atoms with Crippen molar-refractivity contribution in [3.63, 3.8) is 0 Å². The van der Waals surface area contributed by atoms with Crippen molar-refractivity contribution in [2.45, 2.75) is 12.5 Å². The number of carbonyl (C=O) groups excluding carboxylic acids is 1. The van der Waals surface area contributed by atoms with Crippen LogP contribution in [0.3, 0.4) is 0 Å². The molecule has 1 aromatic carbocycles. The Morgan fingerprint density at radius 1 is 1.15 bits per heavy atom. The van der Waals surface area contributed by atoms with Crippen LogP contribution in [-0.2, 0) is 4.79 Å². The molecule has 132 valence electrons. The molecule has 0 saturated heterocycles. The molecule has 26 heavy (non-hydrogen) atoms. The monoisotopic (exact) mass is 353 g/mol. The summed E-state index contributed by atoms with van der Waals surface area (Å²) in [5.74, 6) is 0.734. The van der Waals surface area contributed by atoms with Gasteiger partial charge in [-0.1, -0.05) is 0 Å². The van der Waals surface area contributed by atoms with Crippen LogP contribution in [0.15, 0.2) is 75.0 Å². The van der Waals surface area contributed by atoms with E-state index in [2.05, 4.69) is 10.4 Å². The molecular weight excluding hydrogens is 337 g/mol. The van der Waals surface area contributed by atoms with E-state index in [1.54, 1.807) is 36.8 Å². The van der Waals surface area contributed by atoms with E-state index in [1.165, 1.54) is 17.1 Å². The molecule has 0 bridgehead atoms. The highest BCUT2D eigenvalue weighted by molar-refractivity contribution is 6.01. The number of hydrogen-bond acceptors (Lipinski definition) is 5. The normalized spacial score (nSPS) is 16.6. The van der Waals surface area contributed by atoms with E-state index in [0.717, 1.165) is 0 Å². The van der Waals surface area contributed by atoms with Gasteiger partial charge in [0.1, 0.15) is 29.1 Å². The number of anilines is 1. The average Bonchev–Trinajstić information content (AvgIpc) is 3.41. The Kier molecular flexibility index (Phi) is 4.27. The minimum absolute atomic E-state index is 0.0256. The molecule has 7 heteroatoms. The summed E-state index contributed by atoms with van der Waals surface area (Å²) in [6, 6.07) is 12.7. The third-order valence-corrected chi connectivity index (χ3v) is 4.13. The first kappa shape index (κ1) is 16.1. The minimum Gasteiger partial charge on any atom is -0.467 e. The van der Waals surface area contributed by atoms with Gasteiger partial charge in [-0.15, -0.1) is 0 Å². The van der Waals surface area contributed by atoms with Crippen LogP contribution >= 0.6 is 0 Å². The van der Waals surface area contributed by atoms with Crippen LogP contribution in [-0.4, -0.2) is 23.2 Å². The van der Waals surface area contributed by atoms with Gasteiger partial charge in [-0.2, -0.15) is 5.10 Å². The van der Waals surface area contributed by atoms with Crippen molar-refractivity contribution in [3.8, 4) is 0 Å². The summed E-state index contributed by atoms with van der Waals surface area (Å²) in [5, 5.41) is 8.83. The third kappa shape index (κ3) is 3.23. The Labute approximate surface area is 148 Å². The molecule has 1 N–H and O–H groups in total. The van der Waals surface area contributed by atoms with Gasteiger partial charge in [0.2, 0.25) is 0 Å². The molecule has 3 heterocycles. The first-order chi connectivity index (χ1) is 12.7. The third-order valence-electron chi connectivity index (χ3n) is 4.13. The molecule has 1 aliphatic heterocycles. The van der Waals surface area contributed by atoms with E-state index in [9.17, 15) is 9.18 Å². The summed E-state index contributed by atoms with van der Waals surface area (Å²) in [6.07, 6.45) is 3.64.